The van der Waals surface area contributed by atoms with Crippen molar-refractivity contribution in [1.82, 2.24) is 10.2 Å². The molecule has 3 rings (SSSR count). The molecule has 2 aromatic carbocycles. The molecule has 1 aliphatic heterocycles. The van der Waals surface area contributed by atoms with Crippen molar-refractivity contribution in [2.24, 2.45) is 5.73 Å². The van der Waals surface area contributed by atoms with Gasteiger partial charge in [-0.15, -0.1) is 0 Å². The van der Waals surface area contributed by atoms with Crippen molar-refractivity contribution in [3.05, 3.63) is 59.7 Å². The largest absolute Gasteiger partial charge is 0.484 e. The van der Waals surface area contributed by atoms with Gasteiger partial charge in [-0.25, -0.2) is 0 Å². The van der Waals surface area contributed by atoms with Gasteiger partial charge in [-0.2, -0.15) is 0 Å². The van der Waals surface area contributed by atoms with E-state index in [1.165, 1.54) is 0 Å². The third kappa shape index (κ3) is 5.08. The number of rotatable bonds is 6. The number of carbonyl (C=O) groups is 2. The summed E-state index contributed by atoms with van der Waals surface area (Å²) < 4.78 is 5.44. The van der Waals surface area contributed by atoms with Crippen molar-refractivity contribution in [3.8, 4) is 5.75 Å². The fourth-order valence-corrected chi connectivity index (χ4v) is 2.85. The zero-order chi connectivity index (χ0) is 19.9. The lowest BCUT2D eigenvalue weighted by atomic mass is 10.1. The minimum atomic E-state index is -0.325. The summed E-state index contributed by atoms with van der Waals surface area (Å²) in [5.74, 6) is 0.0626. The van der Waals surface area contributed by atoms with Crippen LogP contribution in [-0.4, -0.2) is 55.3 Å². The molecular weight excluding hydrogens is 358 g/mol. The van der Waals surface area contributed by atoms with E-state index < -0.39 is 0 Å². The van der Waals surface area contributed by atoms with Crippen LogP contribution in [0.25, 0.3) is 0 Å². The standard InChI is InChI=1S/C20H23N5O3/c21-19(22)15-2-1-3-17(12-15)28-13-18(26)24-16-6-4-14(5-7-16)20(27)25-10-8-23-9-11-25/h1-7,12,23H,8-11,13H2,(H3,21,22)(H,24,26). The van der Waals surface area contributed by atoms with E-state index in [2.05, 4.69) is 10.6 Å². The van der Waals surface area contributed by atoms with Crippen LogP contribution in [0.5, 0.6) is 5.75 Å². The SMILES string of the molecule is N=C(N)c1cccc(OCC(=O)Nc2ccc(C(=O)N3CCNCC3)cc2)c1. The summed E-state index contributed by atoms with van der Waals surface area (Å²) in [5, 5.41) is 13.4. The highest BCUT2D eigenvalue weighted by atomic mass is 16.5. The first-order valence-electron chi connectivity index (χ1n) is 9.00. The monoisotopic (exact) mass is 381 g/mol. The number of nitrogen functional groups attached to an aromatic ring is 1. The first kappa shape index (κ1) is 19.4. The Kier molecular flexibility index (Phi) is 6.23. The Labute approximate surface area is 163 Å². The Hall–Kier alpha value is -3.39. The van der Waals surface area contributed by atoms with Gasteiger partial charge in [-0.1, -0.05) is 12.1 Å². The first-order valence-corrected chi connectivity index (χ1v) is 9.00. The molecule has 1 heterocycles. The molecule has 0 aliphatic carbocycles. The van der Waals surface area contributed by atoms with Gasteiger partial charge in [0.15, 0.2) is 6.61 Å². The molecule has 0 spiro atoms. The van der Waals surface area contributed by atoms with Gasteiger partial charge in [0, 0.05) is 43.0 Å². The Balaban J connectivity index is 1.52. The molecule has 0 saturated carbocycles. The zero-order valence-corrected chi connectivity index (χ0v) is 15.4. The topological polar surface area (TPSA) is 121 Å². The molecule has 28 heavy (non-hydrogen) atoms. The van der Waals surface area contributed by atoms with E-state index in [4.69, 9.17) is 15.9 Å². The van der Waals surface area contributed by atoms with Crippen LogP contribution in [-0.2, 0) is 4.79 Å². The maximum atomic E-state index is 12.4. The summed E-state index contributed by atoms with van der Waals surface area (Å²) in [5.41, 5.74) is 7.15. The average Bonchev–Trinajstić information content (AvgIpc) is 2.73. The number of nitrogens with two attached hydrogens (primary N) is 1. The van der Waals surface area contributed by atoms with Crippen molar-refractivity contribution in [1.29, 1.82) is 5.41 Å². The normalized spacial score (nSPS) is 13.6. The van der Waals surface area contributed by atoms with Crippen LogP contribution in [0.2, 0.25) is 0 Å². The maximum Gasteiger partial charge on any atom is 0.262 e. The number of piperazine rings is 1. The minimum Gasteiger partial charge on any atom is -0.484 e. The fraction of sp³-hybridized carbons (Fsp3) is 0.250. The van der Waals surface area contributed by atoms with E-state index >= 15 is 0 Å². The number of ether oxygens (including phenoxy) is 1. The maximum absolute atomic E-state index is 12.4. The number of anilines is 1. The van der Waals surface area contributed by atoms with Gasteiger partial charge in [0.2, 0.25) is 0 Å². The molecular formula is C20H23N5O3. The molecule has 0 unspecified atom stereocenters. The fourth-order valence-electron chi connectivity index (χ4n) is 2.85. The van der Waals surface area contributed by atoms with E-state index in [1.54, 1.807) is 48.5 Å². The number of amidine groups is 1. The molecule has 1 fully saturated rings. The number of nitrogens with one attached hydrogen (secondary N) is 3. The number of nitrogens with zero attached hydrogens (tertiary/aromatic N) is 1. The molecule has 8 heteroatoms. The predicted octanol–water partition coefficient (Wildman–Crippen LogP) is 1.03. The molecule has 8 nitrogen and oxygen atoms in total. The highest BCUT2D eigenvalue weighted by molar-refractivity contribution is 5.96. The quantitative estimate of drug-likeness (QED) is 0.440. The summed E-state index contributed by atoms with van der Waals surface area (Å²) >= 11 is 0. The molecule has 5 N–H and O–H groups in total. The molecule has 0 radical (unpaired) electrons. The van der Waals surface area contributed by atoms with Crippen molar-refractivity contribution < 1.29 is 14.3 Å². The lowest BCUT2D eigenvalue weighted by molar-refractivity contribution is -0.118. The molecule has 2 aromatic rings. The van der Waals surface area contributed by atoms with Gasteiger partial charge < -0.3 is 26.0 Å². The lowest BCUT2D eigenvalue weighted by Crippen LogP contribution is -2.46. The van der Waals surface area contributed by atoms with Crippen molar-refractivity contribution in [3.63, 3.8) is 0 Å². The summed E-state index contributed by atoms with van der Waals surface area (Å²) in [4.78, 5) is 26.3. The Morgan fingerprint density at radius 3 is 2.50 bits per heavy atom. The Morgan fingerprint density at radius 1 is 1.11 bits per heavy atom. The highest BCUT2D eigenvalue weighted by Gasteiger charge is 2.17. The summed E-state index contributed by atoms with van der Waals surface area (Å²) in [7, 11) is 0. The zero-order valence-electron chi connectivity index (χ0n) is 15.4. The second-order valence-electron chi connectivity index (χ2n) is 6.40. The van der Waals surface area contributed by atoms with Crippen LogP contribution >= 0.6 is 0 Å². The molecule has 0 bridgehead atoms. The van der Waals surface area contributed by atoms with Crippen LogP contribution in [0.15, 0.2) is 48.5 Å². The van der Waals surface area contributed by atoms with Crippen LogP contribution in [0, 0.1) is 5.41 Å². The summed E-state index contributed by atoms with van der Waals surface area (Å²) in [6.45, 7) is 2.81. The number of amides is 2. The van der Waals surface area contributed by atoms with Gasteiger partial charge in [0.1, 0.15) is 11.6 Å². The van der Waals surface area contributed by atoms with E-state index in [-0.39, 0.29) is 24.3 Å². The number of hydrogen-bond donors (Lipinski definition) is 4. The number of hydrogen-bond acceptors (Lipinski definition) is 5. The molecule has 1 saturated heterocycles. The van der Waals surface area contributed by atoms with Crippen molar-refractivity contribution in [2.45, 2.75) is 0 Å². The highest BCUT2D eigenvalue weighted by Crippen LogP contribution is 2.14. The van der Waals surface area contributed by atoms with Crippen molar-refractivity contribution >= 4 is 23.3 Å². The van der Waals surface area contributed by atoms with E-state index in [1.807, 2.05) is 4.90 Å². The molecule has 2 amide bonds. The smallest absolute Gasteiger partial charge is 0.262 e. The van der Waals surface area contributed by atoms with Crippen LogP contribution in [0.1, 0.15) is 15.9 Å². The first-order chi connectivity index (χ1) is 13.5. The molecule has 146 valence electrons. The van der Waals surface area contributed by atoms with Crippen LogP contribution in [0.3, 0.4) is 0 Å². The number of benzene rings is 2. The second kappa shape index (κ2) is 9.01. The van der Waals surface area contributed by atoms with Gasteiger partial charge in [0.25, 0.3) is 11.8 Å². The number of carbonyl (C=O) groups excluding carboxylic acids is 2. The van der Waals surface area contributed by atoms with Gasteiger partial charge >= 0.3 is 0 Å². The predicted molar refractivity (Wildman–Crippen MR) is 107 cm³/mol. The molecule has 0 aromatic heterocycles. The second-order valence-corrected chi connectivity index (χ2v) is 6.40. The van der Waals surface area contributed by atoms with E-state index in [0.29, 0.717) is 35.7 Å². The molecule has 1 aliphatic rings. The van der Waals surface area contributed by atoms with Crippen molar-refractivity contribution in [2.75, 3.05) is 38.1 Å². The van der Waals surface area contributed by atoms with Crippen LogP contribution in [0.4, 0.5) is 5.69 Å². The summed E-state index contributed by atoms with van der Waals surface area (Å²) in [6, 6.07) is 13.5. The third-order valence-corrected chi connectivity index (χ3v) is 4.33. The summed E-state index contributed by atoms with van der Waals surface area (Å²) in [6.07, 6.45) is 0. The van der Waals surface area contributed by atoms with Gasteiger partial charge in [0.05, 0.1) is 0 Å². The average molecular weight is 381 g/mol. The van der Waals surface area contributed by atoms with Crippen LogP contribution < -0.4 is 21.1 Å². The van der Waals surface area contributed by atoms with E-state index in [9.17, 15) is 9.59 Å². The Bertz CT molecular complexity index is 860. The lowest BCUT2D eigenvalue weighted by Gasteiger charge is -2.27. The minimum absolute atomic E-state index is 0.00642. The van der Waals surface area contributed by atoms with Gasteiger partial charge in [-0.05, 0) is 36.4 Å². The third-order valence-electron chi connectivity index (χ3n) is 4.33. The molecule has 0 atom stereocenters. The van der Waals surface area contributed by atoms with Gasteiger partial charge in [-0.3, -0.25) is 15.0 Å². The Morgan fingerprint density at radius 2 is 1.82 bits per heavy atom. The van der Waals surface area contributed by atoms with E-state index in [0.717, 1.165) is 13.1 Å².